The lowest BCUT2D eigenvalue weighted by Crippen LogP contribution is -1.65. The molecule has 0 bridgehead atoms. The van der Waals surface area contributed by atoms with E-state index < -0.39 is 0 Å². The third-order valence-electron chi connectivity index (χ3n) is 0.228. The highest BCUT2D eigenvalue weighted by molar-refractivity contribution is 6.19. The van der Waals surface area contributed by atoms with Crippen LogP contribution in [0.1, 0.15) is 6.92 Å². The zero-order valence-electron chi connectivity index (χ0n) is 4.29. The molecule has 0 rings (SSSR count). The zero-order valence-corrected chi connectivity index (χ0v) is 5.05. The number of alkyl halides is 1. The predicted molar refractivity (Wildman–Crippen MR) is 31.5 cm³/mol. The topological polar surface area (TPSA) is 36.5 Å². The fraction of sp³-hybridized carbons (Fsp3) is 0.500. The summed E-state index contributed by atoms with van der Waals surface area (Å²) in [5.74, 6) is 0.583. The van der Waals surface area contributed by atoms with Crippen LogP contribution in [0, 0.1) is 0 Å². The van der Waals surface area contributed by atoms with Gasteiger partial charge in [-0.3, -0.25) is 0 Å². The maximum atomic E-state index is 5.24. The number of hydrogen-bond donors (Lipinski definition) is 1. The van der Waals surface area contributed by atoms with Crippen LogP contribution in [0.5, 0.6) is 0 Å². The number of hydrogen-bond acceptors (Lipinski definition) is 0. The van der Waals surface area contributed by atoms with Crippen LogP contribution in [-0.4, -0.2) is 5.88 Å². The van der Waals surface area contributed by atoms with Crippen LogP contribution in [0.25, 0.3) is 0 Å². The molecule has 0 saturated carbocycles. The van der Waals surface area contributed by atoms with Gasteiger partial charge in [0.15, 0.2) is 0 Å². The molecular formula is C4H11ClN+. The molecule has 0 aliphatic carbocycles. The molecule has 1 nitrogen and oxygen atoms in total. The van der Waals surface area contributed by atoms with Crippen molar-refractivity contribution in [3.8, 4) is 0 Å². The van der Waals surface area contributed by atoms with Gasteiger partial charge in [-0.25, -0.2) is 0 Å². The van der Waals surface area contributed by atoms with Crippen LogP contribution in [-0.2, 0) is 0 Å². The lowest BCUT2D eigenvalue weighted by atomic mass is 10.4. The monoisotopic (exact) mass is 108 g/mol. The van der Waals surface area contributed by atoms with Crippen LogP contribution >= 0.6 is 11.6 Å². The molecule has 0 amide bonds. The van der Waals surface area contributed by atoms with Crippen LogP contribution < -0.4 is 6.15 Å². The standard InChI is InChI=1S/C4H7Cl.H3N/c1-4(2)3-5;/h1,3H2,2H3;1H3/p+1. The number of allylic oxidation sites excluding steroid dienone is 1. The van der Waals surface area contributed by atoms with Crippen molar-refractivity contribution in [2.45, 2.75) is 6.92 Å². The first-order valence-corrected chi connectivity index (χ1v) is 2.01. The van der Waals surface area contributed by atoms with Crippen LogP contribution in [0.2, 0.25) is 0 Å². The summed E-state index contributed by atoms with van der Waals surface area (Å²) in [4.78, 5) is 0. The molecule has 0 heterocycles. The molecule has 0 aliphatic heterocycles. The fourth-order valence-corrected chi connectivity index (χ4v) is 0. The largest absolute Gasteiger partial charge is 0.369 e. The van der Waals surface area contributed by atoms with Crippen molar-refractivity contribution in [3.05, 3.63) is 12.2 Å². The normalized spacial score (nSPS) is 6.33. The van der Waals surface area contributed by atoms with Gasteiger partial charge in [-0.1, -0.05) is 12.2 Å². The van der Waals surface area contributed by atoms with Crippen LogP contribution in [0.4, 0.5) is 0 Å². The molecule has 2 heteroatoms. The molecule has 38 valence electrons. The number of quaternary nitrogens is 1. The SMILES string of the molecule is C=C(C)CCl.[NH4+]. The van der Waals surface area contributed by atoms with Crippen LogP contribution in [0.15, 0.2) is 12.2 Å². The van der Waals surface area contributed by atoms with Gasteiger partial charge < -0.3 is 6.15 Å². The molecule has 0 atom stereocenters. The van der Waals surface area contributed by atoms with Crippen molar-refractivity contribution in [2.24, 2.45) is 0 Å². The molecule has 0 radical (unpaired) electrons. The van der Waals surface area contributed by atoms with Gasteiger partial charge in [0.05, 0.1) is 0 Å². The van der Waals surface area contributed by atoms with Gasteiger partial charge >= 0.3 is 0 Å². The van der Waals surface area contributed by atoms with Gasteiger partial charge in [-0.15, -0.1) is 11.6 Å². The summed E-state index contributed by atoms with van der Waals surface area (Å²) in [6.07, 6.45) is 0. The van der Waals surface area contributed by atoms with E-state index in [1.807, 2.05) is 6.92 Å². The third kappa shape index (κ3) is 9.01. The summed E-state index contributed by atoms with van der Waals surface area (Å²) in [7, 11) is 0. The van der Waals surface area contributed by atoms with Crippen LogP contribution in [0.3, 0.4) is 0 Å². The Morgan fingerprint density at radius 3 is 2.00 bits per heavy atom. The summed E-state index contributed by atoms with van der Waals surface area (Å²) in [5, 5.41) is 0. The lowest BCUT2D eigenvalue weighted by molar-refractivity contribution is 1.43. The Balaban J connectivity index is 0. The first-order valence-electron chi connectivity index (χ1n) is 1.47. The smallest absolute Gasteiger partial charge is 0.0428 e. The summed E-state index contributed by atoms with van der Waals surface area (Å²) >= 11 is 5.24. The van der Waals surface area contributed by atoms with E-state index in [9.17, 15) is 0 Å². The quantitative estimate of drug-likeness (QED) is 0.395. The van der Waals surface area contributed by atoms with Crippen molar-refractivity contribution in [2.75, 3.05) is 5.88 Å². The average molecular weight is 109 g/mol. The highest BCUT2D eigenvalue weighted by Crippen LogP contribution is 1.86. The highest BCUT2D eigenvalue weighted by Gasteiger charge is 1.70. The van der Waals surface area contributed by atoms with Gasteiger partial charge in [0.25, 0.3) is 0 Å². The van der Waals surface area contributed by atoms with E-state index in [4.69, 9.17) is 11.6 Å². The van der Waals surface area contributed by atoms with Gasteiger partial charge in [0.2, 0.25) is 0 Å². The molecular weight excluding hydrogens is 97.5 g/mol. The molecule has 6 heavy (non-hydrogen) atoms. The molecule has 0 aromatic rings. The Morgan fingerprint density at radius 2 is 2.00 bits per heavy atom. The number of rotatable bonds is 1. The summed E-state index contributed by atoms with van der Waals surface area (Å²) in [5.41, 5.74) is 1.02. The van der Waals surface area contributed by atoms with Gasteiger partial charge in [0, 0.05) is 5.88 Å². The molecule has 0 aromatic heterocycles. The fourth-order valence-electron chi connectivity index (χ4n) is 0. The number of halogens is 1. The first kappa shape index (κ1) is 9.37. The Morgan fingerprint density at radius 1 is 1.83 bits per heavy atom. The van der Waals surface area contributed by atoms with Gasteiger partial charge in [-0.05, 0) is 6.92 Å². The van der Waals surface area contributed by atoms with Crippen molar-refractivity contribution in [1.29, 1.82) is 0 Å². The van der Waals surface area contributed by atoms with E-state index in [0.29, 0.717) is 5.88 Å². The minimum atomic E-state index is 0. The molecule has 4 N–H and O–H groups in total. The first-order chi connectivity index (χ1) is 2.27. The summed E-state index contributed by atoms with van der Waals surface area (Å²) < 4.78 is 0. The van der Waals surface area contributed by atoms with E-state index in [1.165, 1.54) is 0 Å². The van der Waals surface area contributed by atoms with E-state index in [0.717, 1.165) is 5.57 Å². The Kier molecular flexibility index (Phi) is 7.79. The summed E-state index contributed by atoms with van der Waals surface area (Å²) in [6.45, 7) is 5.44. The van der Waals surface area contributed by atoms with E-state index in [2.05, 4.69) is 6.58 Å². The molecule has 0 unspecified atom stereocenters. The lowest BCUT2D eigenvalue weighted by Gasteiger charge is -1.77. The third-order valence-corrected chi connectivity index (χ3v) is 0.684. The van der Waals surface area contributed by atoms with Crippen molar-refractivity contribution >= 4 is 11.6 Å². The second-order valence-electron chi connectivity index (χ2n) is 1.09. The summed E-state index contributed by atoms with van der Waals surface area (Å²) in [6, 6.07) is 0. The Labute approximate surface area is 43.6 Å². The van der Waals surface area contributed by atoms with E-state index >= 15 is 0 Å². The van der Waals surface area contributed by atoms with Crippen molar-refractivity contribution in [3.63, 3.8) is 0 Å². The molecule has 0 spiro atoms. The zero-order chi connectivity index (χ0) is 4.28. The molecule has 0 saturated heterocycles. The van der Waals surface area contributed by atoms with E-state index in [-0.39, 0.29) is 6.15 Å². The predicted octanol–water partition coefficient (Wildman–Crippen LogP) is 2.18. The Bertz CT molecular complexity index is 42.8. The van der Waals surface area contributed by atoms with Crippen molar-refractivity contribution in [1.82, 2.24) is 6.15 Å². The van der Waals surface area contributed by atoms with Gasteiger partial charge in [0.1, 0.15) is 0 Å². The molecule has 0 aliphatic rings. The minimum Gasteiger partial charge on any atom is -0.369 e. The van der Waals surface area contributed by atoms with Crippen molar-refractivity contribution < 1.29 is 0 Å². The minimum absolute atomic E-state index is 0. The average Bonchev–Trinajstić information content (AvgIpc) is 1.38. The Hall–Kier alpha value is -0.0100. The second-order valence-corrected chi connectivity index (χ2v) is 1.36. The van der Waals surface area contributed by atoms with E-state index in [1.54, 1.807) is 0 Å². The van der Waals surface area contributed by atoms with Gasteiger partial charge in [-0.2, -0.15) is 0 Å². The maximum Gasteiger partial charge on any atom is 0.0428 e. The maximum absolute atomic E-state index is 5.24. The molecule has 0 fully saturated rings. The highest BCUT2D eigenvalue weighted by atomic mass is 35.5. The second kappa shape index (κ2) is 4.99. The molecule has 0 aromatic carbocycles.